The molecule has 0 saturated heterocycles. The largest absolute Gasteiger partial charge is 0.496 e. The summed E-state index contributed by atoms with van der Waals surface area (Å²) in [6.45, 7) is 6.29. The number of methoxy groups -OCH3 is 1. The minimum Gasteiger partial charge on any atom is -0.496 e. The fourth-order valence-electron chi connectivity index (χ4n) is 4.32. The molecule has 2 N–H and O–H groups in total. The van der Waals surface area contributed by atoms with Crippen molar-refractivity contribution in [3.8, 4) is 5.75 Å². The number of halogens is 3. The van der Waals surface area contributed by atoms with E-state index in [0.29, 0.717) is 35.3 Å². The zero-order valence-electron chi connectivity index (χ0n) is 21.1. The molecular weight excluding hydrogens is 507 g/mol. The number of carbonyl (C=O) groups excluding carboxylic acids is 1. The highest BCUT2D eigenvalue weighted by atomic mass is 32.1. The number of likely N-dealkylation sites (N-methyl/N-ethyl adjacent to an activating group) is 1. The molecule has 0 fully saturated rings. The van der Waals surface area contributed by atoms with Gasteiger partial charge < -0.3 is 20.3 Å². The van der Waals surface area contributed by atoms with E-state index in [9.17, 15) is 18.0 Å². The number of rotatable bonds is 7. The Morgan fingerprint density at radius 1 is 1.22 bits per heavy atom. The third-order valence-electron chi connectivity index (χ3n) is 6.02. The van der Waals surface area contributed by atoms with E-state index in [-0.39, 0.29) is 43.7 Å². The molecule has 2 aromatic heterocycles. The second-order valence-corrected chi connectivity index (χ2v) is 9.05. The molecule has 1 aliphatic heterocycles. The zero-order valence-corrected chi connectivity index (χ0v) is 22.1. The van der Waals surface area contributed by atoms with Gasteiger partial charge in [0.1, 0.15) is 17.5 Å². The van der Waals surface area contributed by atoms with Crippen molar-refractivity contribution in [2.75, 3.05) is 29.7 Å². The number of alkyl halides is 3. The fourth-order valence-corrected chi connectivity index (χ4v) is 4.32. The molecule has 1 atom stereocenters. The van der Waals surface area contributed by atoms with Crippen LogP contribution in [0.15, 0.2) is 30.6 Å². The molecule has 1 aromatic carbocycles. The van der Waals surface area contributed by atoms with Gasteiger partial charge in [-0.05, 0) is 30.5 Å². The summed E-state index contributed by atoms with van der Waals surface area (Å²) in [6, 6.07) is 3.62. The number of aromatic nitrogens is 4. The van der Waals surface area contributed by atoms with Gasteiger partial charge in [0, 0.05) is 25.4 Å². The number of benzene rings is 1. The van der Waals surface area contributed by atoms with Gasteiger partial charge in [0.05, 0.1) is 31.1 Å². The van der Waals surface area contributed by atoms with E-state index in [1.54, 1.807) is 30.1 Å². The van der Waals surface area contributed by atoms with Crippen LogP contribution >= 0.6 is 13.5 Å². The van der Waals surface area contributed by atoms with Gasteiger partial charge in [-0.2, -0.15) is 36.7 Å². The number of hydrogen-bond acceptors (Lipinski definition) is 7. The minimum atomic E-state index is -4.51. The zero-order chi connectivity index (χ0) is 26.2. The highest BCUT2D eigenvalue weighted by Crippen LogP contribution is 2.37. The molecule has 0 bridgehead atoms. The Bertz CT molecular complexity index is 1280. The average molecular weight is 538 g/mol. The highest BCUT2D eigenvalue weighted by Gasteiger charge is 2.36. The number of nitrogens with zero attached hydrogens (tertiary/aromatic N) is 5. The summed E-state index contributed by atoms with van der Waals surface area (Å²) in [5.41, 5.74) is 1.66. The molecule has 0 aliphatic carbocycles. The van der Waals surface area contributed by atoms with Gasteiger partial charge in [0.25, 0.3) is 0 Å². The van der Waals surface area contributed by atoms with Crippen LogP contribution in [0.3, 0.4) is 0 Å². The van der Waals surface area contributed by atoms with Crippen LogP contribution in [0.5, 0.6) is 5.75 Å². The maximum Gasteiger partial charge on any atom is 0.419 e. The number of anilines is 3. The molecule has 0 saturated carbocycles. The van der Waals surface area contributed by atoms with Gasteiger partial charge in [-0.3, -0.25) is 9.48 Å². The van der Waals surface area contributed by atoms with Crippen molar-refractivity contribution in [1.29, 1.82) is 0 Å². The predicted molar refractivity (Wildman–Crippen MR) is 139 cm³/mol. The first-order valence-electron chi connectivity index (χ1n) is 11.4. The van der Waals surface area contributed by atoms with E-state index in [4.69, 9.17) is 4.74 Å². The summed E-state index contributed by atoms with van der Waals surface area (Å²) in [4.78, 5) is 23.4. The quantitative estimate of drug-likeness (QED) is 0.466. The van der Waals surface area contributed by atoms with Crippen LogP contribution in [-0.2, 0) is 24.1 Å². The maximum absolute atomic E-state index is 13.3. The Balaban J connectivity index is 0.00000380. The van der Waals surface area contributed by atoms with Crippen molar-refractivity contribution in [2.45, 2.75) is 46.1 Å². The summed E-state index contributed by atoms with van der Waals surface area (Å²) in [5.74, 6) is 0.827. The van der Waals surface area contributed by atoms with Crippen molar-refractivity contribution >= 4 is 36.9 Å². The number of nitrogens with one attached hydrogen (secondary N) is 2. The lowest BCUT2D eigenvalue weighted by molar-refractivity contribution is -0.138. The maximum atomic E-state index is 13.3. The Morgan fingerprint density at radius 3 is 2.59 bits per heavy atom. The number of carbonyl (C=O) groups is 1. The second kappa shape index (κ2) is 10.9. The van der Waals surface area contributed by atoms with E-state index >= 15 is 0 Å². The van der Waals surface area contributed by atoms with Gasteiger partial charge in [-0.1, -0.05) is 19.9 Å². The van der Waals surface area contributed by atoms with Crippen molar-refractivity contribution in [2.24, 2.45) is 5.92 Å². The molecule has 37 heavy (non-hydrogen) atoms. The van der Waals surface area contributed by atoms with Crippen LogP contribution in [0.4, 0.5) is 30.6 Å². The summed E-state index contributed by atoms with van der Waals surface area (Å²) < 4.78 is 46.3. The lowest BCUT2D eigenvalue weighted by atomic mass is 9.99. The van der Waals surface area contributed by atoms with Gasteiger partial charge >= 0.3 is 6.18 Å². The van der Waals surface area contributed by atoms with Crippen molar-refractivity contribution in [3.63, 3.8) is 0 Å². The monoisotopic (exact) mass is 537 g/mol. The first-order valence-corrected chi connectivity index (χ1v) is 11.4. The molecule has 13 heteroatoms. The van der Waals surface area contributed by atoms with E-state index in [0.717, 1.165) is 11.6 Å². The van der Waals surface area contributed by atoms with Crippen molar-refractivity contribution in [3.05, 3.63) is 53.0 Å². The Hall–Kier alpha value is -3.48. The van der Waals surface area contributed by atoms with Crippen LogP contribution in [0.1, 0.15) is 36.2 Å². The molecule has 1 amide bonds. The van der Waals surface area contributed by atoms with Crippen molar-refractivity contribution in [1.82, 2.24) is 19.7 Å². The molecule has 0 unspecified atom stereocenters. The van der Waals surface area contributed by atoms with Crippen LogP contribution in [0, 0.1) is 12.8 Å². The molecule has 3 aromatic rings. The summed E-state index contributed by atoms with van der Waals surface area (Å²) in [5, 5.41) is 10.3. The van der Waals surface area contributed by atoms with Crippen molar-refractivity contribution < 1.29 is 22.7 Å². The number of aryl methyl sites for hydroxylation is 1. The van der Waals surface area contributed by atoms with Crippen LogP contribution < -0.4 is 20.3 Å². The van der Waals surface area contributed by atoms with Gasteiger partial charge in [-0.15, -0.1) is 0 Å². The summed E-state index contributed by atoms with van der Waals surface area (Å²) in [6.07, 6.45) is -1.13. The summed E-state index contributed by atoms with van der Waals surface area (Å²) in [7, 11) is 3.05. The molecule has 0 radical (unpaired) electrons. The average Bonchev–Trinajstić information content (AvgIpc) is 3.25. The molecular formula is C24H30F3N7O2S. The first kappa shape index (κ1) is 28.1. The Morgan fingerprint density at radius 2 is 1.95 bits per heavy atom. The number of ether oxygens (including phenoxy) is 1. The Labute approximate surface area is 219 Å². The molecule has 9 nitrogen and oxygen atoms in total. The third-order valence-corrected chi connectivity index (χ3v) is 6.02. The normalized spacial score (nSPS) is 15.2. The summed E-state index contributed by atoms with van der Waals surface area (Å²) >= 11 is 0. The highest BCUT2D eigenvalue weighted by molar-refractivity contribution is 7.59. The molecule has 4 rings (SSSR count). The molecule has 1 aliphatic rings. The SMILES string of the molecule is COc1ccc(Cn2cc(CNc3nc(C)c4c(n3)N(C)[C@@H](C(C)C)C(=O)N4)cn2)cc1C(F)(F)F.S. The first-order chi connectivity index (χ1) is 17.0. The predicted octanol–water partition coefficient (Wildman–Crippen LogP) is 4.20. The number of hydrogen-bond donors (Lipinski definition) is 2. The van der Waals surface area contributed by atoms with E-state index in [2.05, 4.69) is 25.7 Å². The standard InChI is InChI=1S/C24H28F3N7O2.H2S/c1-13(2)20-22(35)31-19-14(3)30-23(32-21(19)33(20)4)28-9-16-10-29-34(12-16)11-15-6-7-18(36-5)17(8-15)24(25,26)27;/h6-8,10,12-13,20H,9,11H2,1-5H3,(H,31,35)(H,28,30,32);1H2/t20-;/m0./s1. The number of amides is 1. The lowest BCUT2D eigenvalue weighted by Crippen LogP contribution is -2.49. The molecule has 3 heterocycles. The van der Waals surface area contributed by atoms with Crippen LogP contribution in [0.25, 0.3) is 0 Å². The lowest BCUT2D eigenvalue weighted by Gasteiger charge is -2.36. The molecule has 0 spiro atoms. The topological polar surface area (TPSA) is 97.2 Å². The van der Waals surface area contributed by atoms with Crippen LogP contribution in [0.2, 0.25) is 0 Å². The second-order valence-electron chi connectivity index (χ2n) is 9.05. The van der Waals surface area contributed by atoms with Gasteiger partial charge in [0.2, 0.25) is 11.9 Å². The fraction of sp³-hybridized carbons (Fsp3) is 0.417. The van der Waals surface area contributed by atoms with Gasteiger partial charge in [0.15, 0.2) is 5.82 Å². The van der Waals surface area contributed by atoms with Crippen LogP contribution in [-0.4, -0.2) is 45.9 Å². The van der Waals surface area contributed by atoms with E-state index in [1.807, 2.05) is 25.8 Å². The third kappa shape index (κ3) is 5.92. The number of fused-ring (bicyclic) bond motifs is 1. The van der Waals surface area contributed by atoms with Gasteiger partial charge in [-0.25, -0.2) is 4.98 Å². The molecule has 200 valence electrons. The minimum absolute atomic E-state index is 0. The smallest absolute Gasteiger partial charge is 0.419 e. The van der Waals surface area contributed by atoms with E-state index < -0.39 is 11.7 Å². The Kier molecular flexibility index (Phi) is 8.25. The van der Waals surface area contributed by atoms with E-state index in [1.165, 1.54) is 13.2 Å².